The molecular formula is C26H26F3N7O2S. The molecule has 4 N–H and O–H groups in total. The Hall–Kier alpha value is -3.81. The van der Waals surface area contributed by atoms with E-state index in [-0.39, 0.29) is 33.0 Å². The fourth-order valence-electron chi connectivity index (χ4n) is 4.53. The smallest absolute Gasteiger partial charge is 0.369 e. The van der Waals surface area contributed by atoms with Gasteiger partial charge >= 0.3 is 6.18 Å². The molecule has 5 rings (SSSR count). The van der Waals surface area contributed by atoms with Gasteiger partial charge in [-0.3, -0.25) is 0 Å². The molecular weight excluding hydrogens is 531 g/mol. The Morgan fingerprint density at radius 2 is 1.77 bits per heavy atom. The monoisotopic (exact) mass is 557 g/mol. The SMILES string of the molecule is NS(=O)(=O)c1ccccc1Nc1ncc2cc(C(F)(F)F)cc(-c3ccc(NCCN4CCCC4)nc3)c2n1. The number of nitrogens with one attached hydrogen (secondary N) is 2. The molecule has 39 heavy (non-hydrogen) atoms. The van der Waals surface area contributed by atoms with Crippen molar-refractivity contribution in [3.05, 3.63) is 66.5 Å². The molecule has 13 heteroatoms. The van der Waals surface area contributed by atoms with Crippen molar-refractivity contribution in [2.75, 3.05) is 36.8 Å². The van der Waals surface area contributed by atoms with Gasteiger partial charge < -0.3 is 15.5 Å². The number of hydrogen-bond donors (Lipinski definition) is 3. The molecule has 1 fully saturated rings. The summed E-state index contributed by atoms with van der Waals surface area (Å²) in [7, 11) is -4.05. The number of fused-ring (bicyclic) bond motifs is 1. The van der Waals surface area contributed by atoms with E-state index in [2.05, 4.69) is 30.5 Å². The minimum Gasteiger partial charge on any atom is -0.369 e. The van der Waals surface area contributed by atoms with Crippen molar-refractivity contribution in [3.63, 3.8) is 0 Å². The van der Waals surface area contributed by atoms with Crippen molar-refractivity contribution in [2.24, 2.45) is 5.14 Å². The van der Waals surface area contributed by atoms with Crippen LogP contribution in [0.5, 0.6) is 0 Å². The summed E-state index contributed by atoms with van der Waals surface area (Å²) in [6.45, 7) is 3.77. The van der Waals surface area contributed by atoms with E-state index in [1.807, 2.05) is 0 Å². The van der Waals surface area contributed by atoms with Crippen LogP contribution in [0, 0.1) is 0 Å². The summed E-state index contributed by atoms with van der Waals surface area (Å²) >= 11 is 0. The first-order chi connectivity index (χ1) is 18.6. The number of nitrogens with two attached hydrogens (primary N) is 1. The Morgan fingerprint density at radius 1 is 1.00 bits per heavy atom. The van der Waals surface area contributed by atoms with Crippen LogP contribution >= 0.6 is 0 Å². The lowest BCUT2D eigenvalue weighted by Gasteiger charge is -2.16. The van der Waals surface area contributed by atoms with Crippen molar-refractivity contribution in [2.45, 2.75) is 23.9 Å². The molecule has 0 atom stereocenters. The van der Waals surface area contributed by atoms with E-state index in [4.69, 9.17) is 5.14 Å². The normalized spacial score (nSPS) is 14.6. The Bertz CT molecular complexity index is 1590. The molecule has 1 saturated heterocycles. The van der Waals surface area contributed by atoms with Crippen molar-refractivity contribution in [1.82, 2.24) is 19.9 Å². The zero-order chi connectivity index (χ0) is 27.6. The van der Waals surface area contributed by atoms with Crippen molar-refractivity contribution in [3.8, 4) is 11.1 Å². The molecule has 2 aromatic carbocycles. The lowest BCUT2D eigenvalue weighted by atomic mass is 10.0. The van der Waals surface area contributed by atoms with E-state index < -0.39 is 21.8 Å². The predicted octanol–water partition coefficient (Wildman–Crippen LogP) is 4.61. The summed E-state index contributed by atoms with van der Waals surface area (Å²) in [5, 5.41) is 11.5. The van der Waals surface area contributed by atoms with E-state index in [1.165, 1.54) is 43.4 Å². The Kier molecular flexibility index (Phi) is 7.38. The zero-order valence-electron chi connectivity index (χ0n) is 20.7. The number of para-hydroxylation sites is 1. The molecule has 4 aromatic rings. The van der Waals surface area contributed by atoms with E-state index in [0.717, 1.165) is 31.8 Å². The number of benzene rings is 2. The molecule has 204 valence electrons. The number of rotatable bonds is 8. The largest absolute Gasteiger partial charge is 0.416 e. The van der Waals surface area contributed by atoms with Crippen LogP contribution in [0.2, 0.25) is 0 Å². The molecule has 0 radical (unpaired) electrons. The highest BCUT2D eigenvalue weighted by atomic mass is 32.2. The highest BCUT2D eigenvalue weighted by Crippen LogP contribution is 2.37. The number of sulfonamides is 1. The number of nitrogens with zero attached hydrogens (tertiary/aromatic N) is 4. The second-order valence-electron chi connectivity index (χ2n) is 9.23. The lowest BCUT2D eigenvalue weighted by molar-refractivity contribution is -0.137. The minimum atomic E-state index is -4.58. The van der Waals surface area contributed by atoms with Crippen LogP contribution in [0.25, 0.3) is 22.0 Å². The summed E-state index contributed by atoms with van der Waals surface area (Å²) in [6, 6.07) is 11.3. The van der Waals surface area contributed by atoms with Crippen LogP contribution in [-0.4, -0.2) is 54.4 Å². The average molecular weight is 558 g/mol. The second-order valence-corrected chi connectivity index (χ2v) is 10.8. The van der Waals surface area contributed by atoms with Gasteiger partial charge in [-0.25, -0.2) is 28.5 Å². The number of hydrogen-bond acceptors (Lipinski definition) is 8. The van der Waals surface area contributed by atoms with Gasteiger partial charge in [-0.2, -0.15) is 13.2 Å². The Morgan fingerprint density at radius 3 is 2.46 bits per heavy atom. The molecule has 0 amide bonds. The van der Waals surface area contributed by atoms with Crippen molar-refractivity contribution in [1.29, 1.82) is 0 Å². The van der Waals surface area contributed by atoms with Crippen molar-refractivity contribution >= 4 is 38.4 Å². The molecule has 3 heterocycles. The van der Waals surface area contributed by atoms with Crippen LogP contribution in [0.1, 0.15) is 18.4 Å². The number of aromatic nitrogens is 3. The maximum absolute atomic E-state index is 13.7. The number of alkyl halides is 3. The number of pyridine rings is 1. The maximum Gasteiger partial charge on any atom is 0.416 e. The highest BCUT2D eigenvalue weighted by Gasteiger charge is 2.32. The summed E-state index contributed by atoms with van der Waals surface area (Å²) in [6.07, 6.45) is 0.580. The van der Waals surface area contributed by atoms with E-state index >= 15 is 0 Å². The fourth-order valence-corrected chi connectivity index (χ4v) is 5.23. The molecule has 0 saturated carbocycles. The van der Waals surface area contributed by atoms with E-state index in [1.54, 1.807) is 18.2 Å². The fraction of sp³-hybridized carbons (Fsp3) is 0.269. The summed E-state index contributed by atoms with van der Waals surface area (Å²) in [5.74, 6) is 0.610. The first-order valence-electron chi connectivity index (χ1n) is 12.3. The van der Waals surface area contributed by atoms with Gasteiger partial charge in [0.25, 0.3) is 0 Å². The number of primary sulfonamides is 1. The van der Waals surface area contributed by atoms with Gasteiger partial charge in [-0.05, 0) is 62.3 Å². The van der Waals surface area contributed by atoms with Gasteiger partial charge in [0.2, 0.25) is 16.0 Å². The number of likely N-dealkylation sites (tertiary alicyclic amines) is 1. The Labute approximate surface area is 223 Å². The summed E-state index contributed by atoms with van der Waals surface area (Å²) in [5.41, 5.74) is 0.178. The zero-order valence-corrected chi connectivity index (χ0v) is 21.6. The predicted molar refractivity (Wildman–Crippen MR) is 143 cm³/mol. The van der Waals surface area contributed by atoms with Gasteiger partial charge in [0.05, 0.1) is 16.8 Å². The molecule has 0 aliphatic carbocycles. The van der Waals surface area contributed by atoms with Gasteiger partial charge in [0.15, 0.2) is 0 Å². The van der Waals surface area contributed by atoms with E-state index in [9.17, 15) is 21.6 Å². The van der Waals surface area contributed by atoms with Crippen LogP contribution in [0.3, 0.4) is 0 Å². The lowest BCUT2D eigenvalue weighted by Crippen LogP contribution is -2.26. The summed E-state index contributed by atoms with van der Waals surface area (Å²) in [4.78, 5) is 15.1. The van der Waals surface area contributed by atoms with E-state index in [0.29, 0.717) is 17.9 Å². The molecule has 0 bridgehead atoms. The average Bonchev–Trinajstić information content (AvgIpc) is 3.41. The third-order valence-electron chi connectivity index (χ3n) is 6.46. The molecule has 2 aromatic heterocycles. The molecule has 0 spiro atoms. The van der Waals surface area contributed by atoms with Crippen LogP contribution in [-0.2, 0) is 16.2 Å². The van der Waals surface area contributed by atoms with Gasteiger partial charge in [0.1, 0.15) is 10.7 Å². The van der Waals surface area contributed by atoms with Gasteiger partial charge in [-0.15, -0.1) is 0 Å². The summed E-state index contributed by atoms with van der Waals surface area (Å²) < 4.78 is 65.1. The molecule has 1 aliphatic rings. The molecule has 1 aliphatic heterocycles. The number of halogens is 3. The Balaban J connectivity index is 1.48. The topological polar surface area (TPSA) is 126 Å². The van der Waals surface area contributed by atoms with Crippen LogP contribution < -0.4 is 15.8 Å². The first kappa shape index (κ1) is 26.8. The molecule has 9 nitrogen and oxygen atoms in total. The number of anilines is 3. The quantitative estimate of drug-likeness (QED) is 0.287. The van der Waals surface area contributed by atoms with Crippen LogP contribution in [0.15, 0.2) is 65.8 Å². The maximum atomic E-state index is 13.7. The standard InChI is InChI=1S/C26H26F3N7O2S/c27-26(28,29)19-13-18-16-33-25(34-21-5-1-2-6-22(21)39(30,37)38)35-24(18)20(14-19)17-7-8-23(32-15-17)31-9-12-36-10-3-4-11-36/h1-2,5-8,13-16H,3-4,9-12H2,(H,31,32)(H2,30,37,38)(H,33,34,35). The minimum absolute atomic E-state index is 0.00670. The van der Waals surface area contributed by atoms with Gasteiger partial charge in [0, 0.05) is 42.0 Å². The first-order valence-corrected chi connectivity index (χ1v) is 13.8. The van der Waals surface area contributed by atoms with Crippen molar-refractivity contribution < 1.29 is 21.6 Å². The molecule has 0 unspecified atom stereocenters. The van der Waals surface area contributed by atoms with Gasteiger partial charge in [-0.1, -0.05) is 12.1 Å². The third kappa shape index (κ3) is 6.27. The van der Waals surface area contributed by atoms with Crippen LogP contribution in [0.4, 0.5) is 30.6 Å². The second kappa shape index (κ2) is 10.8. The highest BCUT2D eigenvalue weighted by molar-refractivity contribution is 7.89. The third-order valence-corrected chi connectivity index (χ3v) is 7.43.